The number of carbonyl (C=O) groups excluding carboxylic acids is 1. The number of halogens is 1. The quantitative estimate of drug-likeness (QED) is 0.470. The number of carbonyl (C=O) groups is 1. The van der Waals surface area contributed by atoms with E-state index in [0.717, 1.165) is 56.5 Å². The van der Waals surface area contributed by atoms with Gasteiger partial charge in [0.15, 0.2) is 0 Å². The number of anilines is 3. The van der Waals surface area contributed by atoms with Crippen molar-refractivity contribution in [1.82, 2.24) is 19.7 Å². The fourth-order valence-electron chi connectivity index (χ4n) is 5.62. The minimum Gasteiger partial charge on any atom is -0.477 e. The molecule has 11 nitrogen and oxygen atoms in total. The molecular formula is C30H37FN8O3. The topological polar surface area (TPSA) is 109 Å². The van der Waals surface area contributed by atoms with Crippen molar-refractivity contribution in [2.75, 3.05) is 74.8 Å². The highest BCUT2D eigenvalue weighted by Crippen LogP contribution is 2.36. The third-order valence-electron chi connectivity index (χ3n) is 7.87. The van der Waals surface area contributed by atoms with Crippen LogP contribution in [0.1, 0.15) is 28.9 Å². The molecule has 12 heteroatoms. The summed E-state index contributed by atoms with van der Waals surface area (Å²) in [6, 6.07) is 9.47. The molecular weight excluding hydrogens is 539 g/mol. The number of aromatic nitrogens is 3. The number of guanidine groups is 1. The zero-order valence-electron chi connectivity index (χ0n) is 24.1. The fourth-order valence-corrected chi connectivity index (χ4v) is 5.62. The Labute approximate surface area is 244 Å². The summed E-state index contributed by atoms with van der Waals surface area (Å²) in [5, 5.41) is 11.2. The number of nitrogens with zero attached hydrogens (tertiary/aromatic N) is 6. The first-order chi connectivity index (χ1) is 20.5. The van der Waals surface area contributed by atoms with Crippen LogP contribution in [0.3, 0.4) is 0 Å². The van der Waals surface area contributed by atoms with Gasteiger partial charge in [0.05, 0.1) is 55.3 Å². The number of benzene rings is 1. The predicted molar refractivity (Wildman–Crippen MR) is 160 cm³/mol. The monoisotopic (exact) mass is 576 g/mol. The number of amides is 1. The van der Waals surface area contributed by atoms with Gasteiger partial charge in [0.25, 0.3) is 5.91 Å². The number of fused-ring (bicyclic) bond motifs is 7. The zero-order valence-corrected chi connectivity index (χ0v) is 24.1. The first kappa shape index (κ1) is 28.1. The van der Waals surface area contributed by atoms with Gasteiger partial charge in [-0.15, -0.1) is 0 Å². The van der Waals surface area contributed by atoms with E-state index in [4.69, 9.17) is 9.47 Å². The Morgan fingerprint density at radius 2 is 2.02 bits per heavy atom. The Morgan fingerprint density at radius 1 is 1.17 bits per heavy atom. The third-order valence-corrected chi connectivity index (χ3v) is 7.87. The number of hydrogen-bond acceptors (Lipinski definition) is 9. The summed E-state index contributed by atoms with van der Waals surface area (Å²) in [5.41, 5.74) is 5.02. The number of nitrogens with one attached hydrogen (secondary N) is 2. The molecule has 0 spiro atoms. The first-order valence-electron chi connectivity index (χ1n) is 14.5. The number of morpholine rings is 1. The van der Waals surface area contributed by atoms with E-state index in [1.807, 2.05) is 30.0 Å². The van der Waals surface area contributed by atoms with E-state index in [2.05, 4.69) is 30.6 Å². The summed E-state index contributed by atoms with van der Waals surface area (Å²) in [4.78, 5) is 27.0. The molecule has 1 atom stereocenters. The minimum absolute atomic E-state index is 0.269. The lowest BCUT2D eigenvalue weighted by Crippen LogP contribution is -2.39. The predicted octanol–water partition coefficient (Wildman–Crippen LogP) is 3.72. The average molecular weight is 577 g/mol. The van der Waals surface area contributed by atoms with Crippen molar-refractivity contribution in [2.45, 2.75) is 19.8 Å². The van der Waals surface area contributed by atoms with Crippen molar-refractivity contribution < 1.29 is 18.7 Å². The second kappa shape index (κ2) is 12.5. The molecule has 3 aliphatic heterocycles. The van der Waals surface area contributed by atoms with Crippen LogP contribution in [-0.2, 0) is 11.8 Å². The van der Waals surface area contributed by atoms with Gasteiger partial charge in [0.1, 0.15) is 0 Å². The fraction of sp³-hybridized carbons (Fsp3) is 0.467. The first-order valence-corrected chi connectivity index (χ1v) is 14.5. The molecule has 6 rings (SSSR count). The van der Waals surface area contributed by atoms with Crippen LogP contribution < -0.4 is 20.3 Å². The van der Waals surface area contributed by atoms with Gasteiger partial charge in [-0.05, 0) is 50.1 Å². The van der Waals surface area contributed by atoms with Crippen LogP contribution in [0.2, 0.25) is 0 Å². The van der Waals surface area contributed by atoms with Gasteiger partial charge in [-0.2, -0.15) is 10.1 Å². The molecule has 1 amide bonds. The third kappa shape index (κ3) is 6.09. The summed E-state index contributed by atoms with van der Waals surface area (Å²) in [7, 11) is 1.80. The van der Waals surface area contributed by atoms with E-state index < -0.39 is 12.6 Å². The molecule has 5 heterocycles. The molecule has 2 bridgehead atoms. The summed E-state index contributed by atoms with van der Waals surface area (Å²) in [6.07, 6.45) is 2.96. The Kier molecular flexibility index (Phi) is 8.34. The maximum absolute atomic E-state index is 14.3. The Balaban J connectivity index is 1.29. The molecule has 2 aromatic heterocycles. The molecule has 3 aromatic rings. The smallest absolute Gasteiger partial charge is 0.280 e. The van der Waals surface area contributed by atoms with E-state index in [9.17, 15) is 9.18 Å². The molecule has 0 aliphatic carbocycles. The zero-order chi connectivity index (χ0) is 29.1. The number of ether oxygens (including phenoxy) is 2. The Bertz CT molecular complexity index is 1470. The second-order valence-corrected chi connectivity index (χ2v) is 11.0. The van der Waals surface area contributed by atoms with Crippen LogP contribution in [-0.4, -0.2) is 90.8 Å². The van der Waals surface area contributed by atoms with Gasteiger partial charge in [-0.3, -0.25) is 19.1 Å². The average Bonchev–Trinajstić information content (AvgIpc) is 3.53. The van der Waals surface area contributed by atoms with Crippen LogP contribution in [0, 0.1) is 12.8 Å². The van der Waals surface area contributed by atoms with E-state index >= 15 is 0 Å². The lowest BCUT2D eigenvalue weighted by atomic mass is 10.0. The van der Waals surface area contributed by atoms with Gasteiger partial charge in [-0.25, -0.2) is 4.68 Å². The number of hydrogen-bond donors (Lipinski definition) is 2. The van der Waals surface area contributed by atoms with E-state index in [0.29, 0.717) is 60.3 Å². The van der Waals surface area contributed by atoms with E-state index in [-0.39, 0.29) is 5.92 Å². The van der Waals surface area contributed by atoms with Gasteiger partial charge in [0, 0.05) is 62.6 Å². The lowest BCUT2D eigenvalue weighted by Gasteiger charge is -2.26. The largest absolute Gasteiger partial charge is 0.477 e. The van der Waals surface area contributed by atoms with Crippen molar-refractivity contribution >= 4 is 28.9 Å². The molecule has 3 aliphatic rings. The molecule has 1 aromatic carbocycles. The normalized spacial score (nSPS) is 20.6. The number of rotatable bonds is 5. The minimum atomic E-state index is -0.491. The van der Waals surface area contributed by atoms with Crippen LogP contribution >= 0.6 is 0 Å². The van der Waals surface area contributed by atoms with Crippen LogP contribution in [0.15, 0.2) is 41.5 Å². The Hall–Kier alpha value is -4.03. The number of pyridine rings is 1. The van der Waals surface area contributed by atoms with Crippen molar-refractivity contribution in [2.24, 2.45) is 18.0 Å². The van der Waals surface area contributed by atoms with Crippen LogP contribution in [0.25, 0.3) is 11.3 Å². The van der Waals surface area contributed by atoms with Crippen LogP contribution in [0.5, 0.6) is 5.88 Å². The lowest BCUT2D eigenvalue weighted by molar-refractivity contribution is 0.0398. The van der Waals surface area contributed by atoms with E-state index in [1.165, 1.54) is 0 Å². The number of aryl methyl sites for hydroxylation is 2. The van der Waals surface area contributed by atoms with Gasteiger partial charge < -0.3 is 25.0 Å². The molecule has 222 valence electrons. The summed E-state index contributed by atoms with van der Waals surface area (Å²) in [5.74, 6) is 0.274. The van der Waals surface area contributed by atoms with Crippen molar-refractivity contribution in [1.29, 1.82) is 0 Å². The van der Waals surface area contributed by atoms with Crippen molar-refractivity contribution in [3.63, 3.8) is 0 Å². The SMILES string of the molecule is Cc1cc2cc(n1)-c1cnn(C)c1OCCCC(CF)CN1/C(=N/C2=O)Nc2cc(NCCN3CCOCC3)ccc21. The van der Waals surface area contributed by atoms with E-state index in [1.54, 1.807) is 30.1 Å². The molecule has 1 unspecified atom stereocenters. The van der Waals surface area contributed by atoms with Gasteiger partial charge in [-0.1, -0.05) is 0 Å². The van der Waals surface area contributed by atoms with Gasteiger partial charge in [0.2, 0.25) is 11.8 Å². The summed E-state index contributed by atoms with van der Waals surface area (Å²) < 4.78 is 27.5. The Morgan fingerprint density at radius 3 is 2.86 bits per heavy atom. The summed E-state index contributed by atoms with van der Waals surface area (Å²) >= 11 is 0. The molecule has 0 radical (unpaired) electrons. The van der Waals surface area contributed by atoms with Crippen molar-refractivity contribution in [3.05, 3.63) is 47.8 Å². The maximum Gasteiger partial charge on any atom is 0.280 e. The number of aliphatic imine (C=N–C) groups is 1. The van der Waals surface area contributed by atoms with Gasteiger partial charge >= 0.3 is 0 Å². The molecule has 42 heavy (non-hydrogen) atoms. The molecule has 1 fully saturated rings. The summed E-state index contributed by atoms with van der Waals surface area (Å²) in [6.45, 7) is 7.31. The maximum atomic E-state index is 14.3. The molecule has 1 saturated heterocycles. The second-order valence-electron chi connectivity index (χ2n) is 11.0. The van der Waals surface area contributed by atoms with Crippen LogP contribution in [0.4, 0.5) is 21.5 Å². The van der Waals surface area contributed by atoms with Crippen molar-refractivity contribution in [3.8, 4) is 17.1 Å². The molecule has 2 N–H and O–H groups in total. The highest BCUT2D eigenvalue weighted by Gasteiger charge is 2.29. The highest BCUT2D eigenvalue weighted by molar-refractivity contribution is 6.19. The number of alkyl halides is 1. The molecule has 0 saturated carbocycles. The standard InChI is InChI=1S/C30H37FN8O3/c1-20-14-22-15-25(34-20)24-18-33-37(2)29(24)42-11-3-4-21(17-31)19-39-27-6-5-23(16-26(27)35-30(39)36-28(22)40)32-7-8-38-9-12-41-13-10-38/h5-6,14-16,18,21,32H,3-4,7-13,17,19H2,1-2H3,(H,35,36,40). The highest BCUT2D eigenvalue weighted by atomic mass is 19.1.